The number of hydrogen-bond acceptors (Lipinski definition) is 3. The van der Waals surface area contributed by atoms with Gasteiger partial charge >= 0.3 is 6.03 Å². The van der Waals surface area contributed by atoms with E-state index in [-0.39, 0.29) is 11.6 Å². The number of aryl methyl sites for hydroxylation is 2. The SMILES string of the molecule is Cc1ccccc1N1C(=O)NC(=O)/C(=C/c2cc(C)n(C(C)C)c2)C1=O. The highest BCUT2D eigenvalue weighted by molar-refractivity contribution is 6.39. The predicted molar refractivity (Wildman–Crippen MR) is 99.7 cm³/mol. The van der Waals surface area contributed by atoms with Crippen LogP contribution in [0.1, 0.15) is 36.7 Å². The molecule has 1 aliphatic rings. The van der Waals surface area contributed by atoms with E-state index in [1.165, 1.54) is 6.08 Å². The third-order valence-corrected chi connectivity index (χ3v) is 4.40. The van der Waals surface area contributed by atoms with E-state index < -0.39 is 17.8 Å². The molecule has 0 atom stereocenters. The van der Waals surface area contributed by atoms with Gasteiger partial charge < -0.3 is 4.57 Å². The van der Waals surface area contributed by atoms with Gasteiger partial charge in [0.05, 0.1) is 5.69 Å². The van der Waals surface area contributed by atoms with Gasteiger partial charge in [-0.1, -0.05) is 18.2 Å². The molecule has 1 aromatic carbocycles. The number of benzene rings is 1. The molecular formula is C20H21N3O3. The minimum Gasteiger partial charge on any atom is -0.349 e. The fourth-order valence-corrected chi connectivity index (χ4v) is 3.11. The molecule has 1 N–H and O–H groups in total. The maximum Gasteiger partial charge on any atom is 0.335 e. The van der Waals surface area contributed by atoms with Crippen molar-refractivity contribution in [2.24, 2.45) is 0 Å². The molecule has 0 spiro atoms. The van der Waals surface area contributed by atoms with Crippen molar-refractivity contribution in [3.63, 3.8) is 0 Å². The van der Waals surface area contributed by atoms with Crippen molar-refractivity contribution in [2.75, 3.05) is 4.90 Å². The summed E-state index contributed by atoms with van der Waals surface area (Å²) >= 11 is 0. The maximum atomic E-state index is 12.9. The first-order chi connectivity index (χ1) is 12.3. The highest BCUT2D eigenvalue weighted by Gasteiger charge is 2.37. The lowest BCUT2D eigenvalue weighted by atomic mass is 10.1. The van der Waals surface area contributed by atoms with Gasteiger partial charge in [0, 0.05) is 17.9 Å². The zero-order chi connectivity index (χ0) is 19.0. The molecule has 1 aliphatic heterocycles. The normalized spacial score (nSPS) is 16.6. The average molecular weight is 351 g/mol. The number of urea groups is 1. The van der Waals surface area contributed by atoms with Gasteiger partial charge in [-0.25, -0.2) is 9.69 Å². The number of imide groups is 2. The Morgan fingerprint density at radius 3 is 2.38 bits per heavy atom. The summed E-state index contributed by atoms with van der Waals surface area (Å²) < 4.78 is 2.06. The molecule has 1 fully saturated rings. The Morgan fingerprint density at radius 2 is 1.77 bits per heavy atom. The number of anilines is 1. The molecule has 4 amide bonds. The third kappa shape index (κ3) is 3.06. The van der Waals surface area contributed by atoms with Crippen molar-refractivity contribution < 1.29 is 14.4 Å². The Bertz CT molecular complexity index is 938. The van der Waals surface area contributed by atoms with Gasteiger partial charge in [0.25, 0.3) is 11.8 Å². The molecule has 1 aromatic heterocycles. The van der Waals surface area contributed by atoms with Crippen molar-refractivity contribution >= 4 is 29.6 Å². The summed E-state index contributed by atoms with van der Waals surface area (Å²) in [6.45, 7) is 7.89. The molecule has 0 saturated carbocycles. The van der Waals surface area contributed by atoms with E-state index in [1.54, 1.807) is 12.1 Å². The monoisotopic (exact) mass is 351 g/mol. The Hall–Kier alpha value is -3.15. The molecule has 1 saturated heterocycles. The van der Waals surface area contributed by atoms with Gasteiger partial charge in [-0.05, 0) is 57.0 Å². The molecule has 26 heavy (non-hydrogen) atoms. The summed E-state index contributed by atoms with van der Waals surface area (Å²) in [5.41, 5.74) is 2.95. The van der Waals surface area contributed by atoms with Crippen molar-refractivity contribution in [2.45, 2.75) is 33.7 Å². The molecule has 0 bridgehead atoms. The smallest absolute Gasteiger partial charge is 0.335 e. The highest BCUT2D eigenvalue weighted by atomic mass is 16.2. The average Bonchev–Trinajstić information content (AvgIpc) is 2.94. The van der Waals surface area contributed by atoms with Crippen molar-refractivity contribution in [3.8, 4) is 0 Å². The van der Waals surface area contributed by atoms with Crippen LogP contribution in [0.25, 0.3) is 6.08 Å². The van der Waals surface area contributed by atoms with Gasteiger partial charge in [-0.3, -0.25) is 14.9 Å². The van der Waals surface area contributed by atoms with E-state index in [1.807, 2.05) is 38.2 Å². The topological polar surface area (TPSA) is 71.4 Å². The lowest BCUT2D eigenvalue weighted by Crippen LogP contribution is -2.54. The van der Waals surface area contributed by atoms with Gasteiger partial charge in [0.2, 0.25) is 0 Å². The molecule has 0 unspecified atom stereocenters. The summed E-state index contributed by atoms with van der Waals surface area (Å²) in [4.78, 5) is 38.4. The number of rotatable bonds is 3. The highest BCUT2D eigenvalue weighted by Crippen LogP contribution is 2.25. The van der Waals surface area contributed by atoms with Crippen molar-refractivity contribution in [3.05, 3.63) is 58.9 Å². The van der Waals surface area contributed by atoms with E-state index in [2.05, 4.69) is 23.7 Å². The Balaban J connectivity index is 2.03. The number of para-hydroxylation sites is 1. The van der Waals surface area contributed by atoms with Crippen molar-refractivity contribution in [1.82, 2.24) is 9.88 Å². The first-order valence-corrected chi connectivity index (χ1v) is 8.45. The second-order valence-electron chi connectivity index (χ2n) is 6.66. The lowest BCUT2D eigenvalue weighted by molar-refractivity contribution is -0.122. The number of carbonyl (C=O) groups excluding carboxylic acids is 3. The number of amides is 4. The first-order valence-electron chi connectivity index (χ1n) is 8.45. The fraction of sp³-hybridized carbons (Fsp3) is 0.250. The maximum absolute atomic E-state index is 12.9. The van der Waals surface area contributed by atoms with Crippen LogP contribution in [0.3, 0.4) is 0 Å². The van der Waals surface area contributed by atoms with Gasteiger partial charge in [0.1, 0.15) is 5.57 Å². The summed E-state index contributed by atoms with van der Waals surface area (Å²) in [6, 6.07) is 8.49. The first kappa shape index (κ1) is 17.7. The molecular weight excluding hydrogens is 330 g/mol. The van der Waals surface area contributed by atoms with E-state index in [0.29, 0.717) is 5.69 Å². The zero-order valence-electron chi connectivity index (χ0n) is 15.2. The summed E-state index contributed by atoms with van der Waals surface area (Å²) in [7, 11) is 0. The molecule has 2 aromatic rings. The minimum atomic E-state index is -0.734. The van der Waals surface area contributed by atoms with Crippen LogP contribution in [0.4, 0.5) is 10.5 Å². The van der Waals surface area contributed by atoms with Crippen LogP contribution in [-0.2, 0) is 9.59 Å². The van der Waals surface area contributed by atoms with Crippen molar-refractivity contribution in [1.29, 1.82) is 0 Å². The summed E-state index contributed by atoms with van der Waals surface area (Å²) in [5, 5.41) is 2.25. The fourth-order valence-electron chi connectivity index (χ4n) is 3.11. The van der Waals surface area contributed by atoms with E-state index >= 15 is 0 Å². The number of aromatic nitrogens is 1. The lowest BCUT2D eigenvalue weighted by Gasteiger charge is -2.27. The van der Waals surface area contributed by atoms with E-state index in [4.69, 9.17) is 0 Å². The summed E-state index contributed by atoms with van der Waals surface area (Å²) in [6.07, 6.45) is 3.42. The molecule has 6 heteroatoms. The number of barbiturate groups is 1. The van der Waals surface area contributed by atoms with Crippen LogP contribution in [0, 0.1) is 13.8 Å². The molecule has 0 aliphatic carbocycles. The predicted octanol–water partition coefficient (Wildman–Crippen LogP) is 3.35. The molecule has 6 nitrogen and oxygen atoms in total. The molecule has 3 rings (SSSR count). The van der Waals surface area contributed by atoms with E-state index in [9.17, 15) is 14.4 Å². The van der Waals surface area contributed by atoms with Crippen LogP contribution in [0.5, 0.6) is 0 Å². The Kier molecular flexibility index (Phi) is 4.50. The van der Waals surface area contributed by atoms with Crippen LogP contribution in [0.15, 0.2) is 42.1 Å². The van der Waals surface area contributed by atoms with Gasteiger partial charge in [-0.2, -0.15) is 0 Å². The number of carbonyl (C=O) groups is 3. The van der Waals surface area contributed by atoms with Crippen LogP contribution >= 0.6 is 0 Å². The van der Waals surface area contributed by atoms with Crippen LogP contribution in [0.2, 0.25) is 0 Å². The minimum absolute atomic E-state index is 0.0613. The molecule has 2 heterocycles. The zero-order valence-corrected chi connectivity index (χ0v) is 15.2. The Morgan fingerprint density at radius 1 is 1.08 bits per heavy atom. The quantitative estimate of drug-likeness (QED) is 0.681. The largest absolute Gasteiger partial charge is 0.349 e. The third-order valence-electron chi connectivity index (χ3n) is 4.40. The van der Waals surface area contributed by atoms with Gasteiger partial charge in [0.15, 0.2) is 0 Å². The van der Waals surface area contributed by atoms with E-state index in [0.717, 1.165) is 21.7 Å². The number of hydrogen-bond donors (Lipinski definition) is 1. The Labute approximate surface area is 152 Å². The van der Waals surface area contributed by atoms with Crippen LogP contribution in [-0.4, -0.2) is 22.4 Å². The second-order valence-corrected chi connectivity index (χ2v) is 6.66. The molecule has 0 radical (unpaired) electrons. The molecule has 134 valence electrons. The number of nitrogens with one attached hydrogen (secondary N) is 1. The number of nitrogens with zero attached hydrogens (tertiary/aromatic N) is 2. The summed E-state index contributed by atoms with van der Waals surface area (Å²) in [5.74, 6) is -1.30. The second kappa shape index (κ2) is 6.63. The standard InChI is InChI=1S/C20H21N3O3/c1-12(2)22-11-15(9-14(22)4)10-16-18(24)21-20(26)23(19(16)25)17-8-6-5-7-13(17)3/h5-12H,1-4H3,(H,21,24,26)/b16-10-. The van der Waals surface area contributed by atoms with Gasteiger partial charge in [-0.15, -0.1) is 0 Å². The van der Waals surface area contributed by atoms with Crippen LogP contribution < -0.4 is 10.2 Å².